The van der Waals surface area contributed by atoms with Gasteiger partial charge in [0.25, 0.3) is 5.91 Å². The number of benzene rings is 1. The second-order valence-electron chi connectivity index (χ2n) is 7.26. The highest BCUT2D eigenvalue weighted by molar-refractivity contribution is 7.12. The van der Waals surface area contributed by atoms with E-state index in [9.17, 15) is 4.79 Å². The minimum Gasteiger partial charge on any atom is -0.497 e. The average Bonchev–Trinajstić information content (AvgIpc) is 3.65. The topological polar surface area (TPSA) is 120 Å². The van der Waals surface area contributed by atoms with E-state index in [4.69, 9.17) is 13.9 Å². The summed E-state index contributed by atoms with van der Waals surface area (Å²) in [7, 11) is 3.16. The molecule has 0 aliphatic rings. The molecule has 0 saturated carbocycles. The minimum atomic E-state index is -0.371. The van der Waals surface area contributed by atoms with Crippen LogP contribution in [0.25, 0.3) is 27.8 Å². The summed E-state index contributed by atoms with van der Waals surface area (Å²) in [5.41, 5.74) is 2.96. The van der Waals surface area contributed by atoms with Crippen LogP contribution in [0.3, 0.4) is 0 Å². The summed E-state index contributed by atoms with van der Waals surface area (Å²) < 4.78 is 17.7. The van der Waals surface area contributed by atoms with Crippen molar-refractivity contribution in [1.29, 1.82) is 0 Å². The summed E-state index contributed by atoms with van der Waals surface area (Å²) in [5, 5.41) is 16.9. The van der Waals surface area contributed by atoms with E-state index in [0.717, 1.165) is 5.69 Å². The third kappa shape index (κ3) is 4.04. The van der Waals surface area contributed by atoms with E-state index in [0.29, 0.717) is 45.2 Å². The molecular weight excluding hydrogens is 456 g/mol. The number of methoxy groups -OCH3 is 2. The Bertz CT molecular complexity index is 1450. The molecular formula is C23H20N6O4S. The van der Waals surface area contributed by atoms with Crippen LogP contribution in [0.2, 0.25) is 0 Å². The number of ether oxygens (including phenoxy) is 2. The van der Waals surface area contributed by atoms with Gasteiger partial charge in [-0.1, -0.05) is 0 Å². The number of rotatable bonds is 7. The van der Waals surface area contributed by atoms with E-state index in [1.807, 2.05) is 18.4 Å². The van der Waals surface area contributed by atoms with Crippen molar-refractivity contribution in [3.63, 3.8) is 0 Å². The molecule has 0 bridgehead atoms. The second-order valence-corrected chi connectivity index (χ2v) is 8.10. The van der Waals surface area contributed by atoms with Gasteiger partial charge in [-0.25, -0.2) is 4.98 Å². The highest BCUT2D eigenvalue weighted by Gasteiger charge is 2.19. The van der Waals surface area contributed by atoms with Crippen LogP contribution >= 0.6 is 11.3 Å². The summed E-state index contributed by atoms with van der Waals surface area (Å²) in [4.78, 5) is 17.6. The summed E-state index contributed by atoms with van der Waals surface area (Å²) in [6.07, 6.45) is 1.60. The van der Waals surface area contributed by atoms with E-state index in [1.54, 1.807) is 61.6 Å². The Morgan fingerprint density at radius 3 is 2.79 bits per heavy atom. The molecule has 10 nitrogen and oxygen atoms in total. The number of nitrogens with one attached hydrogen (secondary N) is 2. The largest absolute Gasteiger partial charge is 0.497 e. The van der Waals surface area contributed by atoms with Crippen molar-refractivity contribution in [3.05, 3.63) is 65.5 Å². The van der Waals surface area contributed by atoms with Crippen molar-refractivity contribution < 1.29 is 18.7 Å². The third-order valence-corrected chi connectivity index (χ3v) is 5.84. The van der Waals surface area contributed by atoms with Crippen LogP contribution in [0.5, 0.6) is 11.5 Å². The van der Waals surface area contributed by atoms with Gasteiger partial charge < -0.3 is 19.2 Å². The third-order valence-electron chi connectivity index (χ3n) is 5.03. The van der Waals surface area contributed by atoms with E-state index in [2.05, 4.69) is 25.6 Å². The van der Waals surface area contributed by atoms with Gasteiger partial charge >= 0.3 is 0 Å². The molecule has 4 aromatic heterocycles. The van der Waals surface area contributed by atoms with Crippen molar-refractivity contribution in [2.45, 2.75) is 6.92 Å². The minimum absolute atomic E-state index is 0.278. The average molecular weight is 477 g/mol. The summed E-state index contributed by atoms with van der Waals surface area (Å²) in [5.74, 6) is 2.04. The molecule has 0 radical (unpaired) electrons. The van der Waals surface area contributed by atoms with Crippen LogP contribution < -0.4 is 14.8 Å². The van der Waals surface area contributed by atoms with Crippen molar-refractivity contribution in [3.8, 4) is 39.3 Å². The lowest BCUT2D eigenvalue weighted by Crippen LogP contribution is -2.15. The Labute approximate surface area is 198 Å². The lowest BCUT2D eigenvalue weighted by molar-refractivity contribution is 0.102. The van der Waals surface area contributed by atoms with Crippen molar-refractivity contribution >= 4 is 23.1 Å². The zero-order valence-electron chi connectivity index (χ0n) is 18.5. The molecule has 4 heterocycles. The molecule has 1 aromatic carbocycles. The Balaban J connectivity index is 1.40. The van der Waals surface area contributed by atoms with Crippen LogP contribution in [0.1, 0.15) is 16.2 Å². The normalized spacial score (nSPS) is 10.9. The molecule has 0 spiro atoms. The maximum absolute atomic E-state index is 13.0. The van der Waals surface area contributed by atoms with Gasteiger partial charge in [-0.15, -0.1) is 11.3 Å². The molecule has 34 heavy (non-hydrogen) atoms. The molecule has 0 fully saturated rings. The smallest absolute Gasteiger partial charge is 0.274 e. The Morgan fingerprint density at radius 2 is 2.03 bits per heavy atom. The number of nitrogens with zero attached hydrogens (tertiary/aromatic N) is 4. The highest BCUT2D eigenvalue weighted by atomic mass is 32.1. The Kier molecular flexibility index (Phi) is 5.60. The lowest BCUT2D eigenvalue weighted by Gasteiger charge is -2.08. The van der Waals surface area contributed by atoms with Gasteiger partial charge in [0.2, 0.25) is 5.13 Å². The summed E-state index contributed by atoms with van der Waals surface area (Å²) in [6, 6.07) is 12.4. The number of carbonyl (C=O) groups is 1. The predicted octanol–water partition coefficient (Wildman–Crippen LogP) is 4.56. The summed E-state index contributed by atoms with van der Waals surface area (Å²) in [6.45, 7) is 1.84. The Hall–Kier alpha value is -4.38. The first kappa shape index (κ1) is 21.5. The number of furan rings is 1. The number of hydrogen-bond acceptors (Lipinski definition) is 8. The number of aromatic amines is 1. The van der Waals surface area contributed by atoms with E-state index in [-0.39, 0.29) is 11.6 Å². The number of carbonyl (C=O) groups excluding carboxylic acids is 1. The number of aromatic nitrogens is 5. The van der Waals surface area contributed by atoms with E-state index >= 15 is 0 Å². The molecule has 2 N–H and O–H groups in total. The fourth-order valence-corrected chi connectivity index (χ4v) is 4.18. The highest BCUT2D eigenvalue weighted by Crippen LogP contribution is 2.33. The van der Waals surface area contributed by atoms with Gasteiger partial charge in [0, 0.05) is 17.0 Å². The van der Waals surface area contributed by atoms with Crippen molar-refractivity contribution in [2.75, 3.05) is 19.5 Å². The fraction of sp³-hybridized carbons (Fsp3) is 0.130. The number of amides is 1. The second kappa shape index (κ2) is 8.87. The molecule has 11 heteroatoms. The van der Waals surface area contributed by atoms with Crippen LogP contribution in [0, 0.1) is 6.92 Å². The SMILES string of the molecule is COc1ccc(OC)c(-c2cc(C(=O)Nc3cc(C)nn3-c3nc(-c4ccco4)cs3)[nH]n2)c1. The van der Waals surface area contributed by atoms with Crippen molar-refractivity contribution in [2.24, 2.45) is 0 Å². The van der Waals surface area contributed by atoms with Gasteiger partial charge in [0.15, 0.2) is 5.76 Å². The molecule has 0 saturated heterocycles. The van der Waals surface area contributed by atoms with Crippen LogP contribution in [0.4, 0.5) is 5.82 Å². The summed E-state index contributed by atoms with van der Waals surface area (Å²) >= 11 is 1.39. The molecule has 0 aliphatic carbocycles. The monoisotopic (exact) mass is 476 g/mol. The number of thiazole rings is 1. The zero-order valence-corrected chi connectivity index (χ0v) is 19.3. The molecule has 5 rings (SSSR count). The van der Waals surface area contributed by atoms with Gasteiger partial charge in [-0.3, -0.25) is 9.89 Å². The van der Waals surface area contributed by atoms with Crippen LogP contribution in [-0.2, 0) is 0 Å². The quantitative estimate of drug-likeness (QED) is 0.353. The fourth-order valence-electron chi connectivity index (χ4n) is 3.41. The number of aryl methyl sites for hydroxylation is 1. The molecule has 0 atom stereocenters. The van der Waals surface area contributed by atoms with Crippen LogP contribution in [-0.4, -0.2) is 45.1 Å². The number of anilines is 1. The molecule has 5 aromatic rings. The molecule has 0 unspecified atom stereocenters. The molecule has 0 aliphatic heterocycles. The van der Waals surface area contributed by atoms with Crippen molar-refractivity contribution in [1.82, 2.24) is 25.0 Å². The maximum atomic E-state index is 13.0. The van der Waals surface area contributed by atoms with Crippen LogP contribution in [0.15, 0.2) is 58.5 Å². The molecule has 172 valence electrons. The molecule has 1 amide bonds. The number of H-pyrrole nitrogens is 1. The van der Waals surface area contributed by atoms with Gasteiger partial charge in [-0.2, -0.15) is 14.9 Å². The number of hydrogen-bond donors (Lipinski definition) is 2. The predicted molar refractivity (Wildman–Crippen MR) is 127 cm³/mol. The first-order valence-corrected chi connectivity index (χ1v) is 11.1. The Morgan fingerprint density at radius 1 is 1.15 bits per heavy atom. The standard InChI is InChI=1S/C23H20N6O4S/c1-13-9-21(29(28-13)23-24-18(12-34-23)20-5-4-8-33-20)25-22(30)17-11-16(26-27-17)15-10-14(31-2)6-7-19(15)32-3/h4-12H,1-3H3,(H,25,30)(H,26,27). The van der Waals surface area contributed by atoms with Gasteiger partial charge in [0.1, 0.15) is 28.7 Å². The van der Waals surface area contributed by atoms with E-state index < -0.39 is 0 Å². The lowest BCUT2D eigenvalue weighted by atomic mass is 10.1. The zero-order chi connectivity index (χ0) is 23.7. The first-order chi connectivity index (χ1) is 16.6. The first-order valence-electron chi connectivity index (χ1n) is 10.2. The maximum Gasteiger partial charge on any atom is 0.274 e. The van der Waals surface area contributed by atoms with E-state index in [1.165, 1.54) is 11.3 Å². The van der Waals surface area contributed by atoms with Gasteiger partial charge in [-0.05, 0) is 43.3 Å². The van der Waals surface area contributed by atoms with Gasteiger partial charge in [0.05, 0.1) is 31.9 Å².